The molecule has 2 heterocycles. The molecule has 0 atom stereocenters. The number of nitrogens with zero attached hydrogens (tertiary/aromatic N) is 2. The van der Waals surface area contributed by atoms with E-state index >= 15 is 0 Å². The van der Waals surface area contributed by atoms with Crippen molar-refractivity contribution in [3.05, 3.63) is 35.0 Å². The second-order valence-corrected chi connectivity index (χ2v) is 8.20. The van der Waals surface area contributed by atoms with Crippen molar-refractivity contribution in [2.24, 2.45) is 0 Å². The number of aryl methyl sites for hydroxylation is 2. The number of halogens is 3. The van der Waals surface area contributed by atoms with Gasteiger partial charge in [0, 0.05) is 61.5 Å². The van der Waals surface area contributed by atoms with E-state index in [1.54, 1.807) is 0 Å². The number of amides is 1. The lowest BCUT2D eigenvalue weighted by molar-refractivity contribution is -0.174. The number of aromatic nitrogens is 1. The molecule has 1 aromatic heterocycles. The molecule has 0 bridgehead atoms. The minimum atomic E-state index is -4.27. The maximum absolute atomic E-state index is 13.0. The number of carbonyl (C=O) groups excluding carboxylic acids is 1. The Morgan fingerprint density at radius 2 is 1.87 bits per heavy atom. The molecule has 0 spiro atoms. The Kier molecular flexibility index (Phi) is 6.34. The Hall–Kier alpha value is -2.06. The number of aromatic amines is 1. The summed E-state index contributed by atoms with van der Waals surface area (Å²) in [5, 5.41) is 1.17. The highest BCUT2D eigenvalue weighted by Crippen LogP contribution is 2.30. The Morgan fingerprint density at radius 1 is 1.10 bits per heavy atom. The van der Waals surface area contributed by atoms with Gasteiger partial charge in [-0.2, -0.15) is 13.2 Å². The van der Waals surface area contributed by atoms with Gasteiger partial charge < -0.3 is 14.6 Å². The standard InChI is InChI=1S/C22H28F3N3O2/c23-22(24,25)15-30-13-3-8-27-9-11-28(12-10-27)21(29)16-6-7-20-18(14-16)17-4-1-2-5-19(17)26-20/h6-7,14,26H,1-5,8-13,15H2. The van der Waals surface area contributed by atoms with Gasteiger partial charge in [0.25, 0.3) is 5.91 Å². The Bertz CT molecular complexity index is 886. The number of carbonyl (C=O) groups is 1. The summed E-state index contributed by atoms with van der Waals surface area (Å²) in [5.74, 6) is 0.0517. The lowest BCUT2D eigenvalue weighted by Gasteiger charge is -2.34. The van der Waals surface area contributed by atoms with Gasteiger partial charge in [0.1, 0.15) is 6.61 Å². The third-order valence-corrected chi connectivity index (χ3v) is 6.03. The number of piperazine rings is 1. The fraction of sp³-hybridized carbons (Fsp3) is 0.591. The summed E-state index contributed by atoms with van der Waals surface area (Å²) in [7, 11) is 0. The molecule has 1 amide bonds. The number of hydrogen-bond acceptors (Lipinski definition) is 3. The lowest BCUT2D eigenvalue weighted by atomic mass is 9.95. The summed E-state index contributed by atoms with van der Waals surface area (Å²) in [6.45, 7) is 2.31. The van der Waals surface area contributed by atoms with Crippen LogP contribution < -0.4 is 0 Å². The van der Waals surface area contributed by atoms with Gasteiger partial charge in [-0.05, 0) is 55.9 Å². The summed E-state index contributed by atoms with van der Waals surface area (Å²) >= 11 is 0. The molecule has 164 valence electrons. The number of ether oxygens (including phenoxy) is 1. The van der Waals surface area contributed by atoms with Gasteiger partial charge in [-0.15, -0.1) is 0 Å². The zero-order valence-corrected chi connectivity index (χ0v) is 17.1. The topological polar surface area (TPSA) is 48.6 Å². The number of hydrogen-bond donors (Lipinski definition) is 1. The van der Waals surface area contributed by atoms with E-state index in [0.29, 0.717) is 26.1 Å². The number of nitrogens with one attached hydrogen (secondary N) is 1. The van der Waals surface area contributed by atoms with E-state index in [4.69, 9.17) is 0 Å². The smallest absolute Gasteiger partial charge is 0.372 e. The maximum atomic E-state index is 13.0. The van der Waals surface area contributed by atoms with Crippen molar-refractivity contribution in [2.45, 2.75) is 38.3 Å². The van der Waals surface area contributed by atoms with Crippen LogP contribution in [0.2, 0.25) is 0 Å². The molecule has 1 aliphatic carbocycles. The van der Waals surface area contributed by atoms with Gasteiger partial charge in [-0.25, -0.2) is 0 Å². The largest absolute Gasteiger partial charge is 0.411 e. The highest BCUT2D eigenvalue weighted by atomic mass is 19.4. The third-order valence-electron chi connectivity index (χ3n) is 6.03. The quantitative estimate of drug-likeness (QED) is 0.720. The van der Waals surface area contributed by atoms with Crippen LogP contribution in [0.3, 0.4) is 0 Å². The van der Waals surface area contributed by atoms with Crippen LogP contribution in [0.4, 0.5) is 13.2 Å². The second-order valence-electron chi connectivity index (χ2n) is 8.20. The van der Waals surface area contributed by atoms with Crippen LogP contribution in [-0.4, -0.2) is 72.8 Å². The molecule has 30 heavy (non-hydrogen) atoms. The zero-order valence-electron chi connectivity index (χ0n) is 17.1. The van der Waals surface area contributed by atoms with Gasteiger partial charge in [-0.3, -0.25) is 9.69 Å². The van der Waals surface area contributed by atoms with Gasteiger partial charge in [0.15, 0.2) is 0 Å². The molecule has 5 nitrogen and oxygen atoms in total. The molecule has 2 aliphatic rings. The van der Waals surface area contributed by atoms with Crippen LogP contribution in [0.15, 0.2) is 18.2 Å². The van der Waals surface area contributed by atoms with Crippen LogP contribution >= 0.6 is 0 Å². The molecule has 0 radical (unpaired) electrons. The zero-order chi connectivity index (χ0) is 21.1. The number of alkyl halides is 3. The SMILES string of the molecule is O=C(c1ccc2[nH]c3c(c2c1)CCCC3)N1CCN(CCCOCC(F)(F)F)CC1. The predicted molar refractivity (Wildman–Crippen MR) is 109 cm³/mol. The Labute approximate surface area is 174 Å². The van der Waals surface area contributed by atoms with Crippen LogP contribution in [0.25, 0.3) is 10.9 Å². The Balaban J connectivity index is 1.28. The fourth-order valence-electron chi connectivity index (χ4n) is 4.47. The van der Waals surface area contributed by atoms with Crippen LogP contribution in [0.1, 0.15) is 40.9 Å². The molecule has 1 saturated heterocycles. The van der Waals surface area contributed by atoms with E-state index in [0.717, 1.165) is 37.0 Å². The molecule has 0 saturated carbocycles. The van der Waals surface area contributed by atoms with Gasteiger partial charge in [0.05, 0.1) is 0 Å². The number of fused-ring (bicyclic) bond motifs is 3. The monoisotopic (exact) mass is 423 g/mol. The molecular weight excluding hydrogens is 395 g/mol. The first-order valence-corrected chi connectivity index (χ1v) is 10.7. The molecule has 8 heteroatoms. The van der Waals surface area contributed by atoms with Crippen molar-refractivity contribution >= 4 is 16.8 Å². The molecule has 1 N–H and O–H groups in total. The van der Waals surface area contributed by atoms with Crippen molar-refractivity contribution in [3.63, 3.8) is 0 Å². The second kappa shape index (κ2) is 8.98. The Morgan fingerprint density at radius 3 is 2.63 bits per heavy atom. The molecule has 4 rings (SSSR count). The van der Waals surface area contributed by atoms with Crippen LogP contribution in [0, 0.1) is 0 Å². The minimum absolute atomic E-state index is 0.0517. The third kappa shape index (κ3) is 4.98. The summed E-state index contributed by atoms with van der Waals surface area (Å²) < 4.78 is 40.9. The maximum Gasteiger partial charge on any atom is 0.411 e. The van der Waals surface area contributed by atoms with E-state index < -0.39 is 12.8 Å². The predicted octanol–water partition coefficient (Wildman–Crippen LogP) is 3.77. The van der Waals surface area contributed by atoms with E-state index in [2.05, 4.69) is 14.6 Å². The normalized spacial score (nSPS) is 18.0. The van der Waals surface area contributed by atoms with E-state index in [-0.39, 0.29) is 12.5 Å². The van der Waals surface area contributed by atoms with Crippen LogP contribution in [0.5, 0.6) is 0 Å². The first-order valence-electron chi connectivity index (χ1n) is 10.7. The fourth-order valence-corrected chi connectivity index (χ4v) is 4.47. The van der Waals surface area contributed by atoms with Gasteiger partial charge in [0.2, 0.25) is 0 Å². The number of H-pyrrole nitrogens is 1. The molecule has 1 fully saturated rings. The highest BCUT2D eigenvalue weighted by Gasteiger charge is 2.27. The van der Waals surface area contributed by atoms with E-state index in [1.165, 1.54) is 29.5 Å². The molecule has 1 aromatic carbocycles. The van der Waals surface area contributed by atoms with Gasteiger partial charge >= 0.3 is 6.18 Å². The number of rotatable bonds is 6. The average molecular weight is 423 g/mol. The lowest BCUT2D eigenvalue weighted by Crippen LogP contribution is -2.49. The average Bonchev–Trinajstić information content (AvgIpc) is 3.10. The number of benzene rings is 1. The minimum Gasteiger partial charge on any atom is -0.372 e. The van der Waals surface area contributed by atoms with E-state index in [1.807, 2.05) is 23.1 Å². The first-order chi connectivity index (χ1) is 14.4. The molecule has 0 unspecified atom stereocenters. The summed E-state index contributed by atoms with van der Waals surface area (Å²) in [4.78, 5) is 20.5. The first kappa shape index (κ1) is 21.2. The molecule has 2 aromatic rings. The van der Waals surface area contributed by atoms with Crippen molar-refractivity contribution in [1.82, 2.24) is 14.8 Å². The van der Waals surface area contributed by atoms with Crippen molar-refractivity contribution < 1.29 is 22.7 Å². The van der Waals surface area contributed by atoms with Gasteiger partial charge in [-0.1, -0.05) is 0 Å². The molecular formula is C22H28F3N3O2. The van der Waals surface area contributed by atoms with E-state index in [9.17, 15) is 18.0 Å². The highest BCUT2D eigenvalue weighted by molar-refractivity contribution is 5.99. The molecule has 1 aliphatic heterocycles. The van der Waals surface area contributed by atoms with Crippen molar-refractivity contribution in [3.8, 4) is 0 Å². The summed E-state index contributed by atoms with van der Waals surface area (Å²) in [5.41, 5.74) is 4.51. The van der Waals surface area contributed by atoms with Crippen molar-refractivity contribution in [2.75, 3.05) is 45.9 Å². The van der Waals surface area contributed by atoms with Crippen LogP contribution in [-0.2, 0) is 17.6 Å². The summed E-state index contributed by atoms with van der Waals surface area (Å²) in [6.07, 6.45) is 0.842. The summed E-state index contributed by atoms with van der Waals surface area (Å²) in [6, 6.07) is 5.94. The van der Waals surface area contributed by atoms with Crippen molar-refractivity contribution in [1.29, 1.82) is 0 Å².